The topological polar surface area (TPSA) is 105 Å². The van der Waals surface area contributed by atoms with Crippen LogP contribution in [0.5, 0.6) is 5.75 Å². The first kappa shape index (κ1) is 16.3. The fourth-order valence-electron chi connectivity index (χ4n) is 2.30. The Balaban J connectivity index is 2.31. The second-order valence-corrected chi connectivity index (χ2v) is 9.06. The van der Waals surface area contributed by atoms with Crippen LogP contribution < -0.4 is 10.5 Å². The van der Waals surface area contributed by atoms with Crippen molar-refractivity contribution >= 4 is 21.2 Å². The molecule has 3 aromatic rings. The molecule has 0 unspecified atom stereocenters. The minimum Gasteiger partial charge on any atom is -0.495 e. The van der Waals surface area contributed by atoms with Gasteiger partial charge in [-0.3, -0.25) is 4.40 Å². The molecule has 0 saturated carbocycles. The van der Waals surface area contributed by atoms with Crippen LogP contribution in [-0.4, -0.2) is 39.4 Å². The Morgan fingerprint density at radius 1 is 1.21 bits per heavy atom. The highest BCUT2D eigenvalue weighted by Crippen LogP contribution is 2.33. The van der Waals surface area contributed by atoms with Gasteiger partial charge in [0.15, 0.2) is 15.7 Å². The number of methoxy groups -OCH3 is 1. The van der Waals surface area contributed by atoms with E-state index in [0.29, 0.717) is 17.2 Å². The molecule has 2 N–H and O–H groups in total. The van der Waals surface area contributed by atoms with Gasteiger partial charge >= 0.3 is 0 Å². The first-order valence-electron chi connectivity index (χ1n) is 7.25. The minimum atomic E-state index is -3.61. The quantitative estimate of drug-likeness (QED) is 0.771. The Labute approximate surface area is 139 Å². The zero-order chi connectivity index (χ0) is 17.7. The Kier molecular flexibility index (Phi) is 3.56. The van der Waals surface area contributed by atoms with Gasteiger partial charge in [0.25, 0.3) is 0 Å². The van der Waals surface area contributed by atoms with Gasteiger partial charge in [0, 0.05) is 12.3 Å². The Bertz CT molecular complexity index is 1010. The van der Waals surface area contributed by atoms with Crippen LogP contribution in [0.2, 0.25) is 0 Å². The summed E-state index contributed by atoms with van der Waals surface area (Å²) in [5.74, 6) is 0.837. The highest BCUT2D eigenvalue weighted by molar-refractivity contribution is 7.92. The first-order valence-corrected chi connectivity index (χ1v) is 8.74. The zero-order valence-corrected chi connectivity index (χ0v) is 14.7. The van der Waals surface area contributed by atoms with Crippen molar-refractivity contribution in [1.29, 1.82) is 0 Å². The molecule has 0 radical (unpaired) electrons. The molecule has 0 aliphatic rings. The van der Waals surface area contributed by atoms with E-state index in [1.165, 1.54) is 24.2 Å². The Morgan fingerprint density at radius 2 is 1.92 bits per heavy atom. The fraction of sp³-hybridized carbons (Fsp3) is 0.333. The number of nitrogens with two attached hydrogens (primary N) is 1. The average molecular weight is 349 g/mol. The number of fused-ring (bicyclic) bond motifs is 1. The lowest BCUT2D eigenvalue weighted by Gasteiger charge is -2.21. The summed E-state index contributed by atoms with van der Waals surface area (Å²) in [5, 5.41) is 4.14. The number of hydrogen-bond donors (Lipinski definition) is 1. The third-order valence-electron chi connectivity index (χ3n) is 3.71. The van der Waals surface area contributed by atoms with Gasteiger partial charge in [-0.1, -0.05) is 0 Å². The van der Waals surface area contributed by atoms with Crippen LogP contribution in [-0.2, 0) is 9.84 Å². The predicted octanol–water partition coefficient (Wildman–Crippen LogP) is 1.68. The molecule has 9 heteroatoms. The molecular formula is C15H19N5O3S. The zero-order valence-electron chi connectivity index (χ0n) is 13.9. The van der Waals surface area contributed by atoms with Gasteiger partial charge in [-0.25, -0.2) is 18.1 Å². The summed E-state index contributed by atoms with van der Waals surface area (Å²) in [6.45, 7) is 4.94. The van der Waals surface area contributed by atoms with E-state index in [4.69, 9.17) is 10.5 Å². The van der Waals surface area contributed by atoms with Crippen LogP contribution >= 0.6 is 0 Å². The second-order valence-electron chi connectivity index (χ2n) is 6.38. The number of nitrogen functional groups attached to an aromatic ring is 1. The molecule has 24 heavy (non-hydrogen) atoms. The molecule has 0 aromatic carbocycles. The third kappa shape index (κ3) is 2.41. The molecule has 128 valence electrons. The predicted molar refractivity (Wildman–Crippen MR) is 90.2 cm³/mol. The van der Waals surface area contributed by atoms with E-state index < -0.39 is 14.6 Å². The molecule has 0 aliphatic heterocycles. The van der Waals surface area contributed by atoms with Gasteiger partial charge < -0.3 is 10.5 Å². The van der Waals surface area contributed by atoms with Crippen molar-refractivity contribution in [2.45, 2.75) is 30.4 Å². The van der Waals surface area contributed by atoms with Crippen molar-refractivity contribution in [1.82, 2.24) is 19.2 Å². The van der Waals surface area contributed by atoms with Gasteiger partial charge in [-0.2, -0.15) is 5.10 Å². The van der Waals surface area contributed by atoms with Gasteiger partial charge in [0.2, 0.25) is 0 Å². The van der Waals surface area contributed by atoms with E-state index >= 15 is 0 Å². The third-order valence-corrected chi connectivity index (χ3v) is 6.21. The fourth-order valence-corrected chi connectivity index (χ4v) is 3.61. The molecule has 3 heterocycles. The van der Waals surface area contributed by atoms with E-state index in [0.717, 1.165) is 0 Å². The number of ether oxygens (including phenoxy) is 1. The molecule has 0 atom stereocenters. The van der Waals surface area contributed by atoms with Crippen molar-refractivity contribution in [3.8, 4) is 11.6 Å². The van der Waals surface area contributed by atoms with Crippen molar-refractivity contribution in [2.75, 3.05) is 12.8 Å². The highest BCUT2D eigenvalue weighted by Gasteiger charge is 2.34. The maximum Gasteiger partial charge on any atom is 0.188 e. The summed E-state index contributed by atoms with van der Waals surface area (Å²) in [6, 6.07) is 1.59. The highest BCUT2D eigenvalue weighted by atomic mass is 32.2. The standard InChI is InChI=1S/C15H19N5O3S/c1-15(2,3)24(21,22)12-9-19-13(5-11(12)23-4)17-7-14(19)20-8-10(16)6-18-20/h5-9H,16H2,1-4H3. The number of nitrogens with zero attached hydrogens (tertiary/aromatic N) is 4. The number of rotatable bonds is 3. The minimum absolute atomic E-state index is 0.101. The molecule has 0 spiro atoms. The lowest BCUT2D eigenvalue weighted by atomic mass is 10.3. The first-order chi connectivity index (χ1) is 11.1. The Hall–Kier alpha value is -2.55. The summed E-state index contributed by atoms with van der Waals surface area (Å²) in [7, 11) is -2.17. The van der Waals surface area contributed by atoms with E-state index in [1.54, 1.807) is 43.6 Å². The van der Waals surface area contributed by atoms with E-state index in [-0.39, 0.29) is 10.6 Å². The molecule has 3 aromatic heterocycles. The number of anilines is 1. The second kappa shape index (κ2) is 5.23. The van der Waals surface area contributed by atoms with Crippen LogP contribution in [0, 0.1) is 0 Å². The van der Waals surface area contributed by atoms with Gasteiger partial charge in [0.05, 0.1) is 36.1 Å². The normalized spacial score (nSPS) is 12.7. The number of aromatic nitrogens is 4. The summed E-state index contributed by atoms with van der Waals surface area (Å²) in [4.78, 5) is 4.39. The van der Waals surface area contributed by atoms with Crippen molar-refractivity contribution in [3.05, 3.63) is 30.9 Å². The molecule has 0 amide bonds. The molecule has 0 saturated heterocycles. The molecule has 0 bridgehead atoms. The number of imidazole rings is 1. The van der Waals surface area contributed by atoms with Crippen molar-refractivity contribution in [3.63, 3.8) is 0 Å². The van der Waals surface area contributed by atoms with E-state index in [2.05, 4.69) is 10.1 Å². The summed E-state index contributed by atoms with van der Waals surface area (Å²) < 4.78 is 33.3. The number of hydrogen-bond acceptors (Lipinski definition) is 6. The van der Waals surface area contributed by atoms with E-state index in [1.807, 2.05) is 0 Å². The van der Waals surface area contributed by atoms with Crippen LogP contribution in [0.4, 0.5) is 5.69 Å². The molecule has 3 rings (SSSR count). The van der Waals surface area contributed by atoms with Crippen LogP contribution in [0.3, 0.4) is 0 Å². The Morgan fingerprint density at radius 3 is 2.46 bits per heavy atom. The van der Waals surface area contributed by atoms with Gasteiger partial charge in [-0.05, 0) is 20.8 Å². The molecule has 8 nitrogen and oxygen atoms in total. The number of sulfone groups is 1. The van der Waals surface area contributed by atoms with Crippen molar-refractivity contribution < 1.29 is 13.2 Å². The SMILES string of the molecule is COc1cc2ncc(-n3cc(N)cn3)n2cc1S(=O)(=O)C(C)(C)C. The number of pyridine rings is 1. The monoisotopic (exact) mass is 349 g/mol. The van der Waals surface area contributed by atoms with Gasteiger partial charge in [0.1, 0.15) is 16.3 Å². The summed E-state index contributed by atoms with van der Waals surface area (Å²) >= 11 is 0. The summed E-state index contributed by atoms with van der Waals surface area (Å²) in [5.41, 5.74) is 6.75. The summed E-state index contributed by atoms with van der Waals surface area (Å²) in [6.07, 6.45) is 6.24. The lowest BCUT2D eigenvalue weighted by molar-refractivity contribution is 0.401. The van der Waals surface area contributed by atoms with E-state index in [9.17, 15) is 8.42 Å². The maximum atomic E-state index is 12.9. The molecule has 0 fully saturated rings. The largest absolute Gasteiger partial charge is 0.495 e. The van der Waals surface area contributed by atoms with Crippen molar-refractivity contribution in [2.24, 2.45) is 0 Å². The lowest BCUT2D eigenvalue weighted by Crippen LogP contribution is -2.28. The average Bonchev–Trinajstić information content (AvgIpc) is 3.09. The smallest absolute Gasteiger partial charge is 0.188 e. The van der Waals surface area contributed by atoms with Crippen LogP contribution in [0.15, 0.2) is 35.7 Å². The maximum absolute atomic E-state index is 12.9. The van der Waals surface area contributed by atoms with Crippen LogP contribution in [0.1, 0.15) is 20.8 Å². The molecule has 0 aliphatic carbocycles. The van der Waals surface area contributed by atoms with Gasteiger partial charge in [-0.15, -0.1) is 0 Å². The molecular weight excluding hydrogens is 330 g/mol. The van der Waals surface area contributed by atoms with Crippen LogP contribution in [0.25, 0.3) is 11.5 Å².